The van der Waals surface area contributed by atoms with Crippen molar-refractivity contribution in [3.63, 3.8) is 0 Å². The fraction of sp³-hybridized carbons (Fsp3) is 0.368. The number of halogens is 3. The highest BCUT2D eigenvalue weighted by Crippen LogP contribution is 2.33. The van der Waals surface area contributed by atoms with E-state index in [0.717, 1.165) is 6.07 Å². The van der Waals surface area contributed by atoms with Crippen molar-refractivity contribution < 1.29 is 44.8 Å². The Morgan fingerprint density at radius 3 is 2.06 bits per heavy atom. The van der Waals surface area contributed by atoms with E-state index in [4.69, 9.17) is 9.47 Å². The topological polar surface area (TPSA) is 122 Å². The van der Waals surface area contributed by atoms with Gasteiger partial charge in [0.1, 0.15) is 12.1 Å². The van der Waals surface area contributed by atoms with Gasteiger partial charge in [0.2, 0.25) is 0 Å². The van der Waals surface area contributed by atoms with Crippen LogP contribution >= 0.6 is 0 Å². The summed E-state index contributed by atoms with van der Waals surface area (Å²) in [6, 6.07) is 3.53. The summed E-state index contributed by atoms with van der Waals surface area (Å²) >= 11 is 0. The molecule has 0 saturated heterocycles. The van der Waals surface area contributed by atoms with E-state index < -0.39 is 45.7 Å². The lowest BCUT2D eigenvalue weighted by molar-refractivity contribution is -0.161. The minimum atomic E-state index is -6.00. The van der Waals surface area contributed by atoms with Crippen molar-refractivity contribution in [1.29, 1.82) is 0 Å². The predicted octanol–water partition coefficient (Wildman–Crippen LogP) is 2.66. The van der Waals surface area contributed by atoms with Crippen molar-refractivity contribution in [2.45, 2.75) is 25.8 Å². The second-order valence-electron chi connectivity index (χ2n) is 6.19. The molecule has 0 aliphatic heterocycles. The Balaban J connectivity index is 2.55. The summed E-state index contributed by atoms with van der Waals surface area (Å²) in [4.78, 5) is 32.3. The number of nitrogens with zero attached hydrogens (tertiary/aromatic N) is 2. The normalized spacial score (nSPS) is 11.8. The largest absolute Gasteiger partial charge is 0.534 e. The zero-order valence-corrected chi connectivity index (χ0v) is 17.8. The number of hydrogen-bond donors (Lipinski definition) is 0. The summed E-state index contributed by atoms with van der Waals surface area (Å²) < 4.78 is 75.6. The molecule has 0 saturated carbocycles. The molecule has 0 amide bonds. The number of carbonyl (C=O) groups is 2. The number of rotatable bonds is 9. The molecule has 0 unspecified atom stereocenters. The van der Waals surface area contributed by atoms with Crippen LogP contribution in [-0.2, 0) is 35.6 Å². The molecule has 2 rings (SSSR count). The first-order valence-corrected chi connectivity index (χ1v) is 10.6. The Bertz CT molecular complexity index is 1040. The molecule has 1 aromatic heterocycles. The summed E-state index contributed by atoms with van der Waals surface area (Å²) in [6.45, 7) is 2.87. The second-order valence-corrected chi connectivity index (χ2v) is 7.73. The van der Waals surface area contributed by atoms with Crippen LogP contribution in [0.25, 0.3) is 11.1 Å². The molecule has 9 nitrogen and oxygen atoms in total. The van der Waals surface area contributed by atoms with Crippen molar-refractivity contribution in [2.75, 3.05) is 13.2 Å². The average Bonchev–Trinajstić information content (AvgIpc) is 2.72. The first-order valence-electron chi connectivity index (χ1n) is 9.22. The van der Waals surface area contributed by atoms with Crippen molar-refractivity contribution in [2.24, 2.45) is 5.92 Å². The zero-order chi connectivity index (χ0) is 23.9. The van der Waals surface area contributed by atoms with Gasteiger partial charge in [-0.25, -0.2) is 9.97 Å². The van der Waals surface area contributed by atoms with Gasteiger partial charge in [0.15, 0.2) is 5.92 Å². The van der Waals surface area contributed by atoms with Gasteiger partial charge in [-0.1, -0.05) is 6.07 Å². The van der Waals surface area contributed by atoms with Crippen molar-refractivity contribution in [1.82, 2.24) is 9.97 Å². The van der Waals surface area contributed by atoms with Crippen molar-refractivity contribution in [3.8, 4) is 16.9 Å². The van der Waals surface area contributed by atoms with E-state index >= 15 is 0 Å². The molecule has 13 heteroatoms. The average molecular weight is 476 g/mol. The number of carbonyl (C=O) groups excluding carboxylic acids is 2. The Hall–Kier alpha value is -3.22. The Kier molecular flexibility index (Phi) is 8.14. The van der Waals surface area contributed by atoms with Crippen LogP contribution in [0.1, 0.15) is 19.4 Å². The van der Waals surface area contributed by atoms with Gasteiger partial charge in [-0.3, -0.25) is 9.59 Å². The van der Waals surface area contributed by atoms with Gasteiger partial charge < -0.3 is 13.7 Å². The van der Waals surface area contributed by atoms with Crippen LogP contribution in [-0.4, -0.2) is 49.0 Å². The third-order valence-corrected chi connectivity index (χ3v) is 4.97. The molecular formula is C19H19F3N2O7S. The van der Waals surface area contributed by atoms with Crippen LogP contribution in [0.2, 0.25) is 0 Å². The van der Waals surface area contributed by atoms with E-state index in [9.17, 15) is 31.2 Å². The quantitative estimate of drug-likeness (QED) is 0.233. The van der Waals surface area contributed by atoms with Crippen LogP contribution in [0, 0.1) is 5.92 Å². The van der Waals surface area contributed by atoms with Gasteiger partial charge in [0.05, 0.1) is 13.2 Å². The third-order valence-electron chi connectivity index (χ3n) is 4.00. The molecule has 2 aromatic rings. The minimum Gasteiger partial charge on any atom is -0.465 e. The van der Waals surface area contributed by atoms with E-state index in [0.29, 0.717) is 11.1 Å². The maximum absolute atomic E-state index is 12.8. The van der Waals surface area contributed by atoms with E-state index in [1.807, 2.05) is 0 Å². The summed E-state index contributed by atoms with van der Waals surface area (Å²) in [7, 11) is -6.00. The van der Waals surface area contributed by atoms with Crippen LogP contribution in [0.3, 0.4) is 0 Å². The predicted molar refractivity (Wildman–Crippen MR) is 104 cm³/mol. The van der Waals surface area contributed by atoms with E-state index in [1.54, 1.807) is 0 Å². The number of alkyl halides is 3. The molecule has 0 atom stereocenters. The summed E-state index contributed by atoms with van der Waals surface area (Å²) in [5, 5.41) is 0. The van der Waals surface area contributed by atoms with Crippen LogP contribution in [0.5, 0.6) is 5.75 Å². The summed E-state index contributed by atoms with van der Waals surface area (Å²) in [6.07, 6.45) is 3.54. The molecule has 0 N–H and O–H groups in total. The van der Waals surface area contributed by atoms with Crippen molar-refractivity contribution in [3.05, 3.63) is 42.5 Å². The molecule has 174 valence electrons. The molecule has 1 aromatic carbocycles. The first-order chi connectivity index (χ1) is 15.0. The van der Waals surface area contributed by atoms with Crippen LogP contribution in [0.15, 0.2) is 36.9 Å². The number of benzene rings is 1. The van der Waals surface area contributed by atoms with E-state index in [2.05, 4.69) is 14.2 Å². The molecule has 0 spiro atoms. The van der Waals surface area contributed by atoms with Crippen LogP contribution < -0.4 is 4.18 Å². The molecule has 0 fully saturated rings. The molecule has 0 aliphatic carbocycles. The number of ether oxygens (including phenoxy) is 2. The second kappa shape index (κ2) is 10.4. The lowest BCUT2D eigenvalue weighted by atomic mass is 9.96. The summed E-state index contributed by atoms with van der Waals surface area (Å²) in [5.74, 6) is -4.23. The third kappa shape index (κ3) is 6.15. The molecular weight excluding hydrogens is 457 g/mol. The smallest absolute Gasteiger partial charge is 0.465 e. The highest BCUT2D eigenvalue weighted by atomic mass is 32.2. The first kappa shape index (κ1) is 25.0. The SMILES string of the molecule is CCOC(=O)C(Cc1cc(-c2cncnc2)ccc1OS(=O)(=O)C(F)(F)F)C(=O)OCC. The molecule has 32 heavy (non-hydrogen) atoms. The molecule has 1 heterocycles. The Labute approximate surface area is 181 Å². The maximum atomic E-state index is 12.8. The Morgan fingerprint density at radius 1 is 1.00 bits per heavy atom. The van der Waals surface area contributed by atoms with Gasteiger partial charge in [0.25, 0.3) is 0 Å². The van der Waals surface area contributed by atoms with Gasteiger partial charge >= 0.3 is 27.6 Å². The fourth-order valence-corrected chi connectivity index (χ4v) is 3.08. The van der Waals surface area contributed by atoms with Gasteiger partial charge in [0, 0.05) is 24.4 Å². The maximum Gasteiger partial charge on any atom is 0.534 e. The van der Waals surface area contributed by atoms with Crippen molar-refractivity contribution >= 4 is 22.1 Å². The highest BCUT2D eigenvalue weighted by molar-refractivity contribution is 7.88. The van der Waals surface area contributed by atoms with Gasteiger partial charge in [-0.2, -0.15) is 21.6 Å². The fourth-order valence-electron chi connectivity index (χ4n) is 2.58. The zero-order valence-electron chi connectivity index (χ0n) is 17.0. The van der Waals surface area contributed by atoms with E-state index in [-0.39, 0.29) is 18.8 Å². The molecule has 0 aliphatic rings. The van der Waals surface area contributed by atoms with Gasteiger partial charge in [-0.05, 0) is 37.1 Å². The number of hydrogen-bond acceptors (Lipinski definition) is 9. The monoisotopic (exact) mass is 476 g/mol. The molecule has 0 bridgehead atoms. The lowest BCUT2D eigenvalue weighted by Crippen LogP contribution is -2.31. The summed E-state index contributed by atoms with van der Waals surface area (Å²) in [5.41, 5.74) is -5.03. The lowest BCUT2D eigenvalue weighted by Gasteiger charge is -2.18. The minimum absolute atomic E-state index is 0.0675. The standard InChI is InChI=1S/C19H19F3N2O7S/c1-3-29-17(25)15(18(26)30-4-2)8-13-7-12(14-9-23-11-24-10-14)5-6-16(13)31-32(27,28)19(20,21)22/h5-7,9-11,15H,3-4,8H2,1-2H3. The highest BCUT2D eigenvalue weighted by Gasteiger charge is 2.49. The molecule has 0 radical (unpaired) electrons. The Morgan fingerprint density at radius 2 is 1.56 bits per heavy atom. The van der Waals surface area contributed by atoms with Gasteiger partial charge in [-0.15, -0.1) is 0 Å². The van der Waals surface area contributed by atoms with Crippen LogP contribution in [0.4, 0.5) is 13.2 Å². The van der Waals surface area contributed by atoms with E-state index in [1.165, 1.54) is 44.7 Å². The number of esters is 2. The number of aromatic nitrogens is 2.